The van der Waals surface area contributed by atoms with Gasteiger partial charge in [0, 0.05) is 0 Å². The number of ether oxygens (including phenoxy) is 1. The van der Waals surface area contributed by atoms with Gasteiger partial charge in [0.15, 0.2) is 0 Å². The van der Waals surface area contributed by atoms with E-state index in [1.165, 1.54) is 0 Å². The minimum atomic E-state index is 0.706. The lowest BCUT2D eigenvalue weighted by Crippen LogP contribution is -2.01. The number of nitrogens with two attached hydrogens (primary N) is 1. The van der Waals surface area contributed by atoms with Gasteiger partial charge in [-0.2, -0.15) is 0 Å². The molecule has 48 valence electrons. The van der Waals surface area contributed by atoms with Gasteiger partial charge >= 0.3 is 0 Å². The van der Waals surface area contributed by atoms with Crippen molar-refractivity contribution < 1.29 is 4.74 Å². The molecule has 0 saturated heterocycles. The predicted octanol–water partition coefficient (Wildman–Crippen LogP) is 0.885. The van der Waals surface area contributed by atoms with Crippen LogP contribution in [0.2, 0.25) is 0 Å². The molecule has 2 N–H and O–H groups in total. The van der Waals surface area contributed by atoms with Crippen LogP contribution in [0, 0.1) is 0 Å². The van der Waals surface area contributed by atoms with Crippen molar-refractivity contribution in [1.29, 1.82) is 0 Å². The molecule has 0 aliphatic heterocycles. The first-order valence-electron chi connectivity index (χ1n) is 2.84. The Bertz CT molecular complexity index is 61.5. The van der Waals surface area contributed by atoms with Crippen molar-refractivity contribution in [2.75, 3.05) is 13.2 Å². The predicted molar refractivity (Wildman–Crippen MR) is 34.4 cm³/mol. The first-order valence-corrected chi connectivity index (χ1v) is 2.84. The van der Waals surface area contributed by atoms with Gasteiger partial charge in [-0.15, -0.1) is 0 Å². The molecule has 0 aromatic heterocycles. The molecule has 0 atom stereocenters. The molecule has 8 heavy (non-hydrogen) atoms. The fourth-order valence-electron chi connectivity index (χ4n) is 0.331. The first kappa shape index (κ1) is 7.50. The highest BCUT2D eigenvalue weighted by Crippen LogP contribution is 1.79. The van der Waals surface area contributed by atoms with Crippen LogP contribution in [0.3, 0.4) is 0 Å². The van der Waals surface area contributed by atoms with E-state index in [9.17, 15) is 0 Å². The number of hydrogen-bond acceptors (Lipinski definition) is 2. The quantitative estimate of drug-likeness (QED) is 0.436. The zero-order valence-corrected chi connectivity index (χ0v) is 5.26. The Hall–Kier alpha value is -0.500. The summed E-state index contributed by atoms with van der Waals surface area (Å²) in [6.45, 7) is 3.36. The molecule has 0 spiro atoms. The molecule has 0 aromatic carbocycles. The second-order valence-corrected chi connectivity index (χ2v) is 1.48. The van der Waals surface area contributed by atoms with Gasteiger partial charge in [-0.25, -0.2) is 0 Å². The topological polar surface area (TPSA) is 35.2 Å². The smallest absolute Gasteiger partial charge is 0.0885 e. The number of allylic oxidation sites excluding steroid dienone is 1. The standard InChI is InChI=1S/C6H13NO/c1-2-5-8-6-3-4-7/h2,5H,3-4,6-7H2,1H3/b5-2+. The van der Waals surface area contributed by atoms with Crippen LogP contribution in [0.5, 0.6) is 0 Å². The maximum Gasteiger partial charge on any atom is 0.0885 e. The monoisotopic (exact) mass is 115 g/mol. The summed E-state index contributed by atoms with van der Waals surface area (Å²) in [7, 11) is 0. The van der Waals surface area contributed by atoms with E-state index in [1.54, 1.807) is 6.26 Å². The molecule has 0 radical (unpaired) electrons. The van der Waals surface area contributed by atoms with E-state index in [0.717, 1.165) is 13.0 Å². The Balaban J connectivity index is 2.72. The van der Waals surface area contributed by atoms with Crippen molar-refractivity contribution >= 4 is 0 Å². The molecule has 2 heteroatoms. The average Bonchev–Trinajstić information content (AvgIpc) is 1.81. The Labute approximate surface area is 50.3 Å². The maximum atomic E-state index is 5.21. The fraction of sp³-hybridized carbons (Fsp3) is 0.667. The minimum Gasteiger partial charge on any atom is -0.501 e. The Kier molecular flexibility index (Phi) is 6.09. The maximum absolute atomic E-state index is 5.21. The highest BCUT2D eigenvalue weighted by molar-refractivity contribution is 4.64. The molecule has 0 saturated carbocycles. The lowest BCUT2D eigenvalue weighted by atomic mass is 10.5. The van der Waals surface area contributed by atoms with Crippen molar-refractivity contribution in [2.24, 2.45) is 5.73 Å². The summed E-state index contributed by atoms with van der Waals surface area (Å²) in [5.41, 5.74) is 5.21. The van der Waals surface area contributed by atoms with E-state index in [1.807, 2.05) is 13.0 Å². The molecule has 0 heterocycles. The summed E-state index contributed by atoms with van der Waals surface area (Å²) in [5.74, 6) is 0. The Morgan fingerprint density at radius 1 is 1.62 bits per heavy atom. The molecule has 2 nitrogen and oxygen atoms in total. The fourth-order valence-corrected chi connectivity index (χ4v) is 0.331. The van der Waals surface area contributed by atoms with Crippen molar-refractivity contribution in [1.82, 2.24) is 0 Å². The third-order valence-corrected chi connectivity index (χ3v) is 0.699. The van der Waals surface area contributed by atoms with Gasteiger partial charge in [-0.05, 0) is 19.9 Å². The molecular weight excluding hydrogens is 102 g/mol. The van der Waals surface area contributed by atoms with E-state index in [0.29, 0.717) is 6.54 Å². The van der Waals surface area contributed by atoms with Crippen molar-refractivity contribution in [3.8, 4) is 0 Å². The van der Waals surface area contributed by atoms with E-state index in [-0.39, 0.29) is 0 Å². The molecule has 0 aliphatic carbocycles. The summed E-state index contributed by atoms with van der Waals surface area (Å²) in [6.07, 6.45) is 4.47. The molecule has 0 unspecified atom stereocenters. The lowest BCUT2D eigenvalue weighted by Gasteiger charge is -1.94. The zero-order chi connectivity index (χ0) is 6.24. The highest BCUT2D eigenvalue weighted by Gasteiger charge is 1.77. The van der Waals surface area contributed by atoms with Crippen molar-refractivity contribution in [3.63, 3.8) is 0 Å². The summed E-state index contributed by atoms with van der Waals surface area (Å²) < 4.78 is 4.96. The molecule has 0 bridgehead atoms. The highest BCUT2D eigenvalue weighted by atomic mass is 16.5. The second kappa shape index (κ2) is 6.50. The SMILES string of the molecule is C/C=C/OCCCN. The zero-order valence-electron chi connectivity index (χ0n) is 5.26. The molecule has 0 rings (SSSR count). The van der Waals surface area contributed by atoms with Gasteiger partial charge in [0.05, 0.1) is 12.9 Å². The summed E-state index contributed by atoms with van der Waals surface area (Å²) >= 11 is 0. The van der Waals surface area contributed by atoms with Crippen LogP contribution in [0.25, 0.3) is 0 Å². The van der Waals surface area contributed by atoms with Crippen LogP contribution in [0.1, 0.15) is 13.3 Å². The van der Waals surface area contributed by atoms with Crippen LogP contribution in [-0.4, -0.2) is 13.2 Å². The average molecular weight is 115 g/mol. The largest absolute Gasteiger partial charge is 0.501 e. The van der Waals surface area contributed by atoms with Gasteiger partial charge in [0.25, 0.3) is 0 Å². The molecule has 0 aliphatic rings. The number of hydrogen-bond donors (Lipinski definition) is 1. The van der Waals surface area contributed by atoms with Gasteiger partial charge in [0.2, 0.25) is 0 Å². The Morgan fingerprint density at radius 2 is 2.38 bits per heavy atom. The van der Waals surface area contributed by atoms with E-state index >= 15 is 0 Å². The summed E-state index contributed by atoms with van der Waals surface area (Å²) in [4.78, 5) is 0. The summed E-state index contributed by atoms with van der Waals surface area (Å²) in [5, 5.41) is 0. The van der Waals surface area contributed by atoms with E-state index in [4.69, 9.17) is 10.5 Å². The molecule has 0 aromatic rings. The van der Waals surface area contributed by atoms with Crippen LogP contribution in [0.15, 0.2) is 12.3 Å². The third kappa shape index (κ3) is 5.50. The van der Waals surface area contributed by atoms with Gasteiger partial charge in [-0.1, -0.05) is 6.08 Å². The van der Waals surface area contributed by atoms with Crippen LogP contribution in [-0.2, 0) is 4.74 Å². The van der Waals surface area contributed by atoms with Crippen LogP contribution >= 0.6 is 0 Å². The van der Waals surface area contributed by atoms with Crippen molar-refractivity contribution in [2.45, 2.75) is 13.3 Å². The van der Waals surface area contributed by atoms with Gasteiger partial charge in [0.1, 0.15) is 0 Å². The minimum absolute atomic E-state index is 0.706. The first-order chi connectivity index (χ1) is 3.91. The van der Waals surface area contributed by atoms with E-state index < -0.39 is 0 Å². The van der Waals surface area contributed by atoms with Gasteiger partial charge in [-0.3, -0.25) is 0 Å². The van der Waals surface area contributed by atoms with Crippen LogP contribution in [0.4, 0.5) is 0 Å². The summed E-state index contributed by atoms with van der Waals surface area (Å²) in [6, 6.07) is 0. The Morgan fingerprint density at radius 3 is 2.88 bits per heavy atom. The van der Waals surface area contributed by atoms with Gasteiger partial charge < -0.3 is 10.5 Å². The molecular formula is C6H13NO. The third-order valence-electron chi connectivity index (χ3n) is 0.699. The molecule has 0 fully saturated rings. The second-order valence-electron chi connectivity index (χ2n) is 1.48. The lowest BCUT2D eigenvalue weighted by molar-refractivity contribution is 0.246. The number of rotatable bonds is 4. The van der Waals surface area contributed by atoms with Crippen molar-refractivity contribution in [3.05, 3.63) is 12.3 Å². The van der Waals surface area contributed by atoms with E-state index in [2.05, 4.69) is 0 Å². The molecule has 0 amide bonds. The normalized spacial score (nSPS) is 10.2. The van der Waals surface area contributed by atoms with Crippen LogP contribution < -0.4 is 5.73 Å².